The van der Waals surface area contributed by atoms with Crippen LogP contribution in [0.5, 0.6) is 11.5 Å². The van der Waals surface area contributed by atoms with Gasteiger partial charge < -0.3 is 20.1 Å². The van der Waals surface area contributed by atoms with Gasteiger partial charge in [0.25, 0.3) is 5.91 Å². The lowest BCUT2D eigenvalue weighted by atomic mass is 10.0. The van der Waals surface area contributed by atoms with Gasteiger partial charge in [0.05, 0.1) is 19.3 Å². The summed E-state index contributed by atoms with van der Waals surface area (Å²) < 4.78 is 11.0. The molecule has 0 saturated carbocycles. The summed E-state index contributed by atoms with van der Waals surface area (Å²) in [5.41, 5.74) is 2.99. The minimum atomic E-state index is -0.281. The minimum Gasteiger partial charge on any atom is -0.493 e. The topological polar surface area (TPSA) is 62.8 Å². The van der Waals surface area contributed by atoms with Crippen LogP contribution >= 0.6 is 11.3 Å². The zero-order valence-corrected chi connectivity index (χ0v) is 16.7. The van der Waals surface area contributed by atoms with Crippen LogP contribution in [0, 0.1) is 0 Å². The van der Waals surface area contributed by atoms with Crippen molar-refractivity contribution in [2.75, 3.05) is 32.1 Å². The Morgan fingerprint density at radius 3 is 2.85 bits per heavy atom. The van der Waals surface area contributed by atoms with Crippen LogP contribution in [0.4, 0.5) is 5.00 Å². The Morgan fingerprint density at radius 1 is 1.26 bits per heavy atom. The van der Waals surface area contributed by atoms with Gasteiger partial charge in [0.2, 0.25) is 0 Å². The van der Waals surface area contributed by atoms with Crippen molar-refractivity contribution in [3.8, 4) is 11.5 Å². The molecule has 4 rings (SSSR count). The molecule has 3 heterocycles. The maximum atomic E-state index is 12.9. The number of ether oxygens (including phenoxy) is 2. The molecule has 2 N–H and O–H groups in total. The van der Waals surface area contributed by atoms with Gasteiger partial charge in [-0.25, -0.2) is 0 Å². The summed E-state index contributed by atoms with van der Waals surface area (Å²) in [6.07, 6.45) is 0.656. The van der Waals surface area contributed by atoms with E-state index in [0.717, 1.165) is 42.2 Å². The van der Waals surface area contributed by atoms with E-state index in [2.05, 4.69) is 22.5 Å². The molecule has 2 aliphatic rings. The average molecular weight is 388 g/mol. The van der Waals surface area contributed by atoms with Crippen LogP contribution in [-0.2, 0) is 13.0 Å². The summed E-state index contributed by atoms with van der Waals surface area (Å²) in [4.78, 5) is 16.6. The van der Waals surface area contributed by atoms with Gasteiger partial charge in [0.1, 0.15) is 11.2 Å². The van der Waals surface area contributed by atoms with E-state index in [9.17, 15) is 4.79 Å². The fraction of sp³-hybridized carbons (Fsp3) is 0.450. The van der Waals surface area contributed by atoms with E-state index >= 15 is 0 Å². The monoisotopic (exact) mass is 387 g/mol. The number of rotatable bonds is 5. The standard InChI is InChI=1S/C20H25N3O3S/c1-4-23-9-8-13-16(11-23)27-20-17(13)19(24)21-18(22-20)12-6-7-14(26-5-2)15(10-12)25-3/h6-7,10,18,22H,4-5,8-9,11H2,1-3H3,(H,21,24). The van der Waals surface area contributed by atoms with Crippen molar-refractivity contribution in [2.24, 2.45) is 0 Å². The fourth-order valence-electron chi connectivity index (χ4n) is 3.74. The number of benzene rings is 1. The Bertz CT molecular complexity index is 864. The molecule has 0 aliphatic carbocycles. The van der Waals surface area contributed by atoms with E-state index in [1.807, 2.05) is 25.1 Å². The molecule has 0 radical (unpaired) electrons. The molecular formula is C20H25N3O3S. The highest BCUT2D eigenvalue weighted by atomic mass is 32.1. The number of methoxy groups -OCH3 is 1. The van der Waals surface area contributed by atoms with Crippen LogP contribution in [0.25, 0.3) is 0 Å². The van der Waals surface area contributed by atoms with Crippen molar-refractivity contribution in [2.45, 2.75) is 33.0 Å². The predicted molar refractivity (Wildman–Crippen MR) is 107 cm³/mol. The third kappa shape index (κ3) is 3.26. The quantitative estimate of drug-likeness (QED) is 0.823. The third-order valence-electron chi connectivity index (χ3n) is 5.18. The molecule has 1 atom stereocenters. The van der Waals surface area contributed by atoms with E-state index in [-0.39, 0.29) is 12.1 Å². The lowest BCUT2D eigenvalue weighted by Gasteiger charge is -2.28. The SMILES string of the molecule is CCOc1ccc(C2NC(=O)c3c(sc4c3CCN(CC)C4)N2)cc1OC. The summed E-state index contributed by atoms with van der Waals surface area (Å²) in [5.74, 6) is 1.38. The van der Waals surface area contributed by atoms with E-state index in [1.54, 1.807) is 18.4 Å². The van der Waals surface area contributed by atoms with Gasteiger partial charge in [0.15, 0.2) is 11.5 Å². The zero-order chi connectivity index (χ0) is 19.0. The fourth-order valence-corrected chi connectivity index (χ4v) is 5.06. The highest BCUT2D eigenvalue weighted by Gasteiger charge is 2.33. The number of nitrogens with zero attached hydrogens (tertiary/aromatic N) is 1. The second-order valence-corrected chi connectivity index (χ2v) is 7.83. The van der Waals surface area contributed by atoms with Crippen molar-refractivity contribution in [1.82, 2.24) is 10.2 Å². The molecule has 144 valence electrons. The number of nitrogens with one attached hydrogen (secondary N) is 2. The molecule has 2 aliphatic heterocycles. The number of carbonyl (C=O) groups is 1. The first-order valence-corrected chi connectivity index (χ1v) is 10.2. The summed E-state index contributed by atoms with van der Waals surface area (Å²) in [6, 6.07) is 5.77. The molecule has 2 aromatic rings. The molecule has 0 saturated heterocycles. The van der Waals surface area contributed by atoms with Crippen LogP contribution in [-0.4, -0.2) is 37.6 Å². The molecule has 0 spiro atoms. The second-order valence-electron chi connectivity index (χ2n) is 6.72. The van der Waals surface area contributed by atoms with E-state index in [0.29, 0.717) is 18.1 Å². The van der Waals surface area contributed by atoms with Gasteiger partial charge in [0, 0.05) is 18.0 Å². The maximum absolute atomic E-state index is 12.9. The number of amides is 1. The van der Waals surface area contributed by atoms with Gasteiger partial charge in [-0.05, 0) is 43.1 Å². The van der Waals surface area contributed by atoms with Gasteiger partial charge >= 0.3 is 0 Å². The number of anilines is 1. The number of carbonyl (C=O) groups excluding carboxylic acids is 1. The molecule has 1 aromatic heterocycles. The highest BCUT2D eigenvalue weighted by molar-refractivity contribution is 7.16. The molecule has 1 amide bonds. The third-order valence-corrected chi connectivity index (χ3v) is 6.33. The molecule has 27 heavy (non-hydrogen) atoms. The highest BCUT2D eigenvalue weighted by Crippen LogP contribution is 2.41. The first-order chi connectivity index (χ1) is 13.1. The van der Waals surface area contributed by atoms with Crippen molar-refractivity contribution >= 4 is 22.2 Å². The van der Waals surface area contributed by atoms with Crippen LogP contribution in [0.15, 0.2) is 18.2 Å². The lowest BCUT2D eigenvalue weighted by Crippen LogP contribution is -2.38. The van der Waals surface area contributed by atoms with Crippen molar-refractivity contribution in [1.29, 1.82) is 0 Å². The molecule has 0 fully saturated rings. The van der Waals surface area contributed by atoms with Gasteiger partial charge in [-0.15, -0.1) is 11.3 Å². The zero-order valence-electron chi connectivity index (χ0n) is 15.9. The molecule has 1 aromatic carbocycles. The smallest absolute Gasteiger partial charge is 0.256 e. The van der Waals surface area contributed by atoms with Gasteiger partial charge in [-0.1, -0.05) is 13.0 Å². The summed E-state index contributed by atoms with van der Waals surface area (Å²) in [7, 11) is 1.62. The number of fused-ring (bicyclic) bond motifs is 3. The largest absolute Gasteiger partial charge is 0.493 e. The Morgan fingerprint density at radius 2 is 2.11 bits per heavy atom. The summed E-state index contributed by atoms with van der Waals surface area (Å²) >= 11 is 1.71. The number of hydrogen-bond acceptors (Lipinski definition) is 6. The number of hydrogen-bond donors (Lipinski definition) is 2. The minimum absolute atomic E-state index is 0.00375. The summed E-state index contributed by atoms with van der Waals surface area (Å²) in [6.45, 7) is 7.68. The molecule has 0 bridgehead atoms. The first-order valence-electron chi connectivity index (χ1n) is 9.39. The van der Waals surface area contributed by atoms with Crippen LogP contribution in [0.3, 0.4) is 0 Å². The molecule has 1 unspecified atom stereocenters. The van der Waals surface area contributed by atoms with E-state index in [1.165, 1.54) is 10.4 Å². The Labute approximate surface area is 163 Å². The van der Waals surface area contributed by atoms with E-state index < -0.39 is 0 Å². The van der Waals surface area contributed by atoms with Crippen molar-refractivity contribution in [3.05, 3.63) is 39.8 Å². The van der Waals surface area contributed by atoms with Crippen molar-refractivity contribution < 1.29 is 14.3 Å². The molecule has 7 heteroatoms. The lowest BCUT2D eigenvalue weighted by molar-refractivity contribution is 0.0934. The predicted octanol–water partition coefficient (Wildman–Crippen LogP) is 3.39. The Balaban J connectivity index is 1.62. The van der Waals surface area contributed by atoms with Crippen LogP contribution in [0.2, 0.25) is 0 Å². The average Bonchev–Trinajstić information content (AvgIpc) is 3.06. The van der Waals surface area contributed by atoms with Gasteiger partial charge in [-0.3, -0.25) is 9.69 Å². The number of likely N-dealkylation sites (N-methyl/N-ethyl adjacent to an activating group) is 1. The van der Waals surface area contributed by atoms with E-state index in [4.69, 9.17) is 9.47 Å². The van der Waals surface area contributed by atoms with Crippen LogP contribution in [0.1, 0.15) is 46.4 Å². The second kappa shape index (κ2) is 7.40. The Hall–Kier alpha value is -2.25. The maximum Gasteiger partial charge on any atom is 0.256 e. The van der Waals surface area contributed by atoms with Gasteiger partial charge in [-0.2, -0.15) is 0 Å². The molecule has 6 nitrogen and oxygen atoms in total. The summed E-state index contributed by atoms with van der Waals surface area (Å²) in [5, 5.41) is 7.58. The normalized spacial score (nSPS) is 18.9. The molecular weight excluding hydrogens is 362 g/mol. The number of thiophene rings is 1. The van der Waals surface area contributed by atoms with Crippen LogP contribution < -0.4 is 20.1 Å². The first kappa shape index (κ1) is 18.1. The Kier molecular flexibility index (Phi) is 4.97. The van der Waals surface area contributed by atoms with Crippen molar-refractivity contribution in [3.63, 3.8) is 0 Å².